The van der Waals surface area contributed by atoms with E-state index in [0.29, 0.717) is 16.2 Å². The third-order valence-corrected chi connectivity index (χ3v) is 4.65. The third-order valence-electron chi connectivity index (χ3n) is 2.55. The Balaban J connectivity index is 2.42. The highest BCUT2D eigenvalue weighted by Gasteiger charge is 2.29. The number of thioether (sulfide) groups is 1. The Kier molecular flexibility index (Phi) is 5.07. The van der Waals surface area contributed by atoms with E-state index >= 15 is 0 Å². The van der Waals surface area contributed by atoms with E-state index < -0.39 is 11.8 Å². The maximum Gasteiger partial charge on any atom is 0.299 e. The highest BCUT2D eigenvalue weighted by Crippen LogP contribution is 2.26. The molecule has 0 bridgehead atoms. The zero-order valence-electron chi connectivity index (χ0n) is 12.2. The Morgan fingerprint density at radius 2 is 2.27 bits per heavy atom. The summed E-state index contributed by atoms with van der Waals surface area (Å²) in [6.45, 7) is 2.72. The van der Waals surface area contributed by atoms with Gasteiger partial charge in [0.1, 0.15) is 5.69 Å². The molecule has 22 heavy (non-hydrogen) atoms. The maximum absolute atomic E-state index is 13.3. The van der Waals surface area contributed by atoms with Crippen LogP contribution in [0.3, 0.4) is 0 Å². The Hall–Kier alpha value is -1.61. The second-order valence-corrected chi connectivity index (χ2v) is 6.66. The van der Waals surface area contributed by atoms with E-state index in [9.17, 15) is 13.6 Å². The molecule has 2 rings (SSSR count). The molecule has 0 aliphatic carbocycles. The summed E-state index contributed by atoms with van der Waals surface area (Å²) >= 11 is 2.16. The molecule has 0 N–H and O–H groups in total. The van der Waals surface area contributed by atoms with Gasteiger partial charge in [-0.3, -0.25) is 4.79 Å². The number of pyridine rings is 1. The molecule has 1 amide bonds. The van der Waals surface area contributed by atoms with Crippen LogP contribution >= 0.6 is 23.1 Å². The van der Waals surface area contributed by atoms with Crippen LogP contribution < -0.4 is 4.80 Å². The summed E-state index contributed by atoms with van der Waals surface area (Å²) in [5.74, 6) is -2.85. The van der Waals surface area contributed by atoms with Gasteiger partial charge in [0.05, 0.1) is 0 Å². The molecule has 5 nitrogen and oxygen atoms in total. The van der Waals surface area contributed by atoms with Crippen molar-refractivity contribution in [3.63, 3.8) is 0 Å². The smallest absolute Gasteiger partial charge is 0.265 e. The molecule has 0 saturated carbocycles. The van der Waals surface area contributed by atoms with Crippen LogP contribution in [0.4, 0.5) is 8.78 Å². The number of nitrogens with zero attached hydrogens (tertiary/aromatic N) is 4. The molecular weight excluding hydrogens is 330 g/mol. The normalized spacial score (nSPS) is 12.7. The van der Waals surface area contributed by atoms with E-state index in [2.05, 4.69) is 15.1 Å². The average molecular weight is 344 g/mol. The molecule has 0 aliphatic rings. The number of carbonyl (C=O) groups is 1. The fraction of sp³-hybridized carbons (Fsp3) is 0.385. The summed E-state index contributed by atoms with van der Waals surface area (Å²) in [6, 6.07) is 3.51. The van der Waals surface area contributed by atoms with Crippen LogP contribution in [0.25, 0.3) is 0 Å². The van der Waals surface area contributed by atoms with Gasteiger partial charge in [-0.05, 0) is 17.9 Å². The first-order valence-electron chi connectivity index (χ1n) is 6.42. The Morgan fingerprint density at radius 3 is 2.86 bits per heavy atom. The fourth-order valence-electron chi connectivity index (χ4n) is 1.59. The van der Waals surface area contributed by atoms with Crippen molar-refractivity contribution in [3.05, 3.63) is 33.8 Å². The molecule has 118 valence electrons. The molecule has 2 heterocycles. The molecule has 0 aliphatic heterocycles. The number of hydrogen-bond donors (Lipinski definition) is 0. The molecule has 0 spiro atoms. The van der Waals surface area contributed by atoms with Gasteiger partial charge in [0.2, 0.25) is 4.80 Å². The summed E-state index contributed by atoms with van der Waals surface area (Å²) in [7, 11) is 1.47. The van der Waals surface area contributed by atoms with Crippen LogP contribution in [0.1, 0.15) is 29.3 Å². The van der Waals surface area contributed by atoms with E-state index in [4.69, 9.17) is 0 Å². The van der Waals surface area contributed by atoms with Gasteiger partial charge in [-0.1, -0.05) is 18.3 Å². The minimum Gasteiger partial charge on any atom is -0.265 e. The highest BCUT2D eigenvalue weighted by molar-refractivity contribution is 7.99. The standard InChI is InChI=1S/C13H14F2N4OS2/c1-4-21-8-6-5-7-16-9(8)10(20)17-12-19(3)18-11(22-12)13(2,14)15/h5-7H,4H2,1-3H3. The van der Waals surface area contributed by atoms with Gasteiger partial charge in [-0.25, -0.2) is 9.67 Å². The second-order valence-electron chi connectivity index (χ2n) is 4.40. The van der Waals surface area contributed by atoms with Crippen molar-refractivity contribution < 1.29 is 13.6 Å². The number of alkyl halides is 2. The van der Waals surface area contributed by atoms with Crippen LogP contribution in [-0.2, 0) is 13.0 Å². The zero-order chi connectivity index (χ0) is 16.3. The maximum atomic E-state index is 13.3. The molecule has 0 atom stereocenters. The van der Waals surface area contributed by atoms with Crippen LogP contribution in [0.15, 0.2) is 28.2 Å². The number of carbonyl (C=O) groups excluding carboxylic acids is 1. The minimum absolute atomic E-state index is 0.111. The number of aromatic nitrogens is 3. The van der Waals surface area contributed by atoms with Gasteiger partial charge >= 0.3 is 0 Å². The summed E-state index contributed by atoms with van der Waals surface area (Å²) in [5.41, 5.74) is 0.215. The molecule has 2 aromatic rings. The molecule has 0 unspecified atom stereocenters. The second kappa shape index (κ2) is 6.66. The first-order chi connectivity index (χ1) is 10.3. The van der Waals surface area contributed by atoms with E-state index in [0.717, 1.165) is 12.7 Å². The molecule has 9 heteroatoms. The van der Waals surface area contributed by atoms with Gasteiger partial charge in [-0.2, -0.15) is 18.9 Å². The lowest BCUT2D eigenvalue weighted by molar-refractivity contribution is 0.0159. The summed E-state index contributed by atoms with van der Waals surface area (Å²) < 4.78 is 27.7. The highest BCUT2D eigenvalue weighted by atomic mass is 32.2. The zero-order valence-corrected chi connectivity index (χ0v) is 13.8. The Bertz CT molecular complexity index is 749. The number of hydrogen-bond acceptors (Lipinski definition) is 5. The van der Waals surface area contributed by atoms with Crippen molar-refractivity contribution in [1.82, 2.24) is 14.8 Å². The topological polar surface area (TPSA) is 60.1 Å². The monoisotopic (exact) mass is 344 g/mol. The van der Waals surface area contributed by atoms with E-state index in [1.165, 1.54) is 29.7 Å². The van der Waals surface area contributed by atoms with Crippen molar-refractivity contribution >= 4 is 29.0 Å². The van der Waals surface area contributed by atoms with Gasteiger partial charge in [0.15, 0.2) is 5.01 Å². The number of rotatable bonds is 4. The van der Waals surface area contributed by atoms with Gasteiger partial charge in [0, 0.05) is 25.1 Å². The largest absolute Gasteiger partial charge is 0.299 e. The number of amides is 1. The predicted octanol–water partition coefficient (Wildman–Crippen LogP) is 2.84. The Labute approximate surface area is 134 Å². The molecular formula is C13H14F2N4OS2. The van der Waals surface area contributed by atoms with Crippen molar-refractivity contribution in [1.29, 1.82) is 0 Å². The molecule has 0 radical (unpaired) electrons. The molecule has 0 saturated heterocycles. The van der Waals surface area contributed by atoms with Gasteiger partial charge in [-0.15, -0.1) is 11.8 Å². The van der Waals surface area contributed by atoms with E-state index in [-0.39, 0.29) is 15.5 Å². The Morgan fingerprint density at radius 1 is 1.55 bits per heavy atom. The van der Waals surface area contributed by atoms with Crippen LogP contribution in [-0.4, -0.2) is 26.4 Å². The number of aryl methyl sites for hydroxylation is 1. The lowest BCUT2D eigenvalue weighted by Crippen LogP contribution is -2.15. The van der Waals surface area contributed by atoms with E-state index in [1.807, 2.05) is 6.92 Å². The predicted molar refractivity (Wildman–Crippen MR) is 81.2 cm³/mol. The quantitative estimate of drug-likeness (QED) is 0.800. The van der Waals surface area contributed by atoms with Crippen LogP contribution in [0.5, 0.6) is 0 Å². The van der Waals surface area contributed by atoms with Gasteiger partial charge in [0.25, 0.3) is 11.8 Å². The van der Waals surface area contributed by atoms with Crippen molar-refractivity contribution in [2.45, 2.75) is 24.7 Å². The van der Waals surface area contributed by atoms with Crippen molar-refractivity contribution in [2.24, 2.45) is 12.0 Å². The molecule has 2 aromatic heterocycles. The van der Waals surface area contributed by atoms with E-state index in [1.54, 1.807) is 12.1 Å². The summed E-state index contributed by atoms with van der Waals surface area (Å²) in [6.07, 6.45) is 1.50. The molecule has 0 fully saturated rings. The van der Waals surface area contributed by atoms with Crippen LogP contribution in [0, 0.1) is 0 Å². The third kappa shape index (κ3) is 3.77. The minimum atomic E-state index is -3.06. The van der Waals surface area contributed by atoms with Gasteiger partial charge < -0.3 is 0 Å². The van der Waals surface area contributed by atoms with Crippen molar-refractivity contribution in [3.8, 4) is 0 Å². The fourth-order valence-corrected chi connectivity index (χ4v) is 3.17. The first kappa shape index (κ1) is 16.8. The lowest BCUT2D eigenvalue weighted by Gasteiger charge is -2.02. The average Bonchev–Trinajstić information content (AvgIpc) is 2.81. The summed E-state index contributed by atoms with van der Waals surface area (Å²) in [4.78, 5) is 21.0. The SMILES string of the molecule is CCSc1cccnc1C(=O)N=c1sc(C(C)(F)F)nn1C. The van der Waals surface area contributed by atoms with Crippen LogP contribution in [0.2, 0.25) is 0 Å². The first-order valence-corrected chi connectivity index (χ1v) is 8.22. The number of halogens is 2. The summed E-state index contributed by atoms with van der Waals surface area (Å²) in [5, 5.41) is 3.32. The van der Waals surface area contributed by atoms with Crippen molar-refractivity contribution in [2.75, 3.05) is 5.75 Å². The lowest BCUT2D eigenvalue weighted by atomic mass is 10.3. The molecule has 0 aromatic carbocycles.